The maximum absolute atomic E-state index is 13.3. The standard InChI is InChI=1S/C18H15ClFN5O2S2/c1-2-24-15(9-27-12-3-4-14(20)13(19)8-12)22-23-18(24)29-10-11-7-16(26)25-5-6-28-17(25)21-11/h3-8H,2,9-10H2,1H3. The van der Waals surface area contributed by atoms with Crippen molar-refractivity contribution in [1.29, 1.82) is 0 Å². The number of rotatable bonds is 7. The molecule has 7 nitrogen and oxygen atoms in total. The molecule has 0 unspecified atom stereocenters. The quantitative estimate of drug-likeness (QED) is 0.395. The molecule has 0 aliphatic heterocycles. The smallest absolute Gasteiger partial charge is 0.258 e. The highest BCUT2D eigenvalue weighted by Crippen LogP contribution is 2.24. The number of thiazole rings is 1. The molecule has 0 aliphatic rings. The lowest BCUT2D eigenvalue weighted by Gasteiger charge is -2.09. The van der Waals surface area contributed by atoms with E-state index < -0.39 is 5.82 Å². The summed E-state index contributed by atoms with van der Waals surface area (Å²) in [5.41, 5.74) is 0.586. The molecule has 0 fully saturated rings. The molecule has 0 bridgehead atoms. The zero-order valence-corrected chi connectivity index (χ0v) is 17.6. The number of nitrogens with zero attached hydrogens (tertiary/aromatic N) is 5. The normalized spacial score (nSPS) is 11.3. The minimum absolute atomic E-state index is 0.00168. The lowest BCUT2D eigenvalue weighted by atomic mass is 10.3. The van der Waals surface area contributed by atoms with Crippen LogP contribution in [0.1, 0.15) is 18.4 Å². The molecule has 0 aliphatic carbocycles. The Kier molecular flexibility index (Phi) is 5.84. The third-order valence-corrected chi connectivity index (χ3v) is 6.12. The molecule has 3 aromatic heterocycles. The van der Waals surface area contributed by atoms with E-state index in [9.17, 15) is 9.18 Å². The average Bonchev–Trinajstić information content (AvgIpc) is 3.34. The molecule has 0 saturated heterocycles. The number of ether oxygens (including phenoxy) is 1. The highest BCUT2D eigenvalue weighted by Gasteiger charge is 2.14. The number of halogens is 2. The second-order valence-electron chi connectivity index (χ2n) is 5.94. The van der Waals surface area contributed by atoms with Crippen molar-refractivity contribution in [3.8, 4) is 5.75 Å². The van der Waals surface area contributed by atoms with E-state index >= 15 is 0 Å². The first-order valence-corrected chi connectivity index (χ1v) is 10.9. The van der Waals surface area contributed by atoms with Crippen molar-refractivity contribution < 1.29 is 9.13 Å². The molecule has 0 atom stereocenters. The Balaban J connectivity index is 1.46. The van der Waals surface area contributed by atoms with Crippen LogP contribution in [0, 0.1) is 5.82 Å². The molecule has 150 valence electrons. The summed E-state index contributed by atoms with van der Waals surface area (Å²) in [5, 5.41) is 10.9. The van der Waals surface area contributed by atoms with Crippen LogP contribution in [-0.4, -0.2) is 24.1 Å². The van der Waals surface area contributed by atoms with Gasteiger partial charge in [-0.1, -0.05) is 23.4 Å². The van der Waals surface area contributed by atoms with E-state index in [0.29, 0.717) is 39.7 Å². The third kappa shape index (κ3) is 4.29. The van der Waals surface area contributed by atoms with Crippen LogP contribution in [0.3, 0.4) is 0 Å². The van der Waals surface area contributed by atoms with Crippen LogP contribution in [0.25, 0.3) is 4.96 Å². The Morgan fingerprint density at radius 2 is 2.17 bits per heavy atom. The van der Waals surface area contributed by atoms with E-state index in [1.54, 1.807) is 6.20 Å². The lowest BCUT2D eigenvalue weighted by Crippen LogP contribution is -2.12. The number of benzene rings is 1. The molecule has 4 rings (SSSR count). The summed E-state index contributed by atoms with van der Waals surface area (Å²) in [4.78, 5) is 17.3. The van der Waals surface area contributed by atoms with Gasteiger partial charge in [-0.15, -0.1) is 21.5 Å². The number of thioether (sulfide) groups is 1. The minimum atomic E-state index is -0.497. The summed E-state index contributed by atoms with van der Waals surface area (Å²) < 4.78 is 22.4. The predicted octanol–water partition coefficient (Wildman–Crippen LogP) is 4.03. The van der Waals surface area contributed by atoms with Gasteiger partial charge in [0, 0.05) is 36.0 Å². The van der Waals surface area contributed by atoms with Gasteiger partial charge in [0.1, 0.15) is 18.2 Å². The number of aromatic nitrogens is 5. The van der Waals surface area contributed by atoms with Gasteiger partial charge in [0.05, 0.1) is 10.7 Å². The van der Waals surface area contributed by atoms with Gasteiger partial charge in [-0.3, -0.25) is 9.20 Å². The second kappa shape index (κ2) is 8.52. The zero-order valence-electron chi connectivity index (χ0n) is 15.2. The highest BCUT2D eigenvalue weighted by atomic mass is 35.5. The summed E-state index contributed by atoms with van der Waals surface area (Å²) in [7, 11) is 0. The van der Waals surface area contributed by atoms with Gasteiger partial charge in [-0.25, -0.2) is 9.37 Å². The van der Waals surface area contributed by atoms with Crippen molar-refractivity contribution in [1.82, 2.24) is 24.1 Å². The van der Waals surface area contributed by atoms with Crippen molar-refractivity contribution in [2.24, 2.45) is 0 Å². The summed E-state index contributed by atoms with van der Waals surface area (Å²) in [5.74, 6) is 1.08. The summed E-state index contributed by atoms with van der Waals surface area (Å²) in [6.45, 7) is 2.80. The highest BCUT2D eigenvalue weighted by molar-refractivity contribution is 7.98. The molecule has 0 radical (unpaired) electrons. The van der Waals surface area contributed by atoms with Gasteiger partial charge < -0.3 is 9.30 Å². The van der Waals surface area contributed by atoms with E-state index in [1.807, 2.05) is 16.9 Å². The van der Waals surface area contributed by atoms with Crippen LogP contribution in [0.2, 0.25) is 5.02 Å². The van der Waals surface area contributed by atoms with Crippen molar-refractivity contribution in [3.05, 3.63) is 68.6 Å². The molecule has 3 heterocycles. The maximum Gasteiger partial charge on any atom is 0.258 e. The van der Waals surface area contributed by atoms with Crippen LogP contribution < -0.4 is 10.3 Å². The molecule has 0 amide bonds. The molecular formula is C18H15ClFN5O2S2. The van der Waals surface area contributed by atoms with Gasteiger partial charge in [-0.05, 0) is 19.1 Å². The fraction of sp³-hybridized carbons (Fsp3) is 0.222. The topological polar surface area (TPSA) is 74.3 Å². The lowest BCUT2D eigenvalue weighted by molar-refractivity contribution is 0.288. The second-order valence-corrected chi connectivity index (χ2v) is 8.16. The number of hydrogen-bond acceptors (Lipinski definition) is 7. The van der Waals surface area contributed by atoms with Crippen molar-refractivity contribution >= 4 is 39.7 Å². The van der Waals surface area contributed by atoms with Crippen LogP contribution in [-0.2, 0) is 18.9 Å². The Morgan fingerprint density at radius 1 is 1.31 bits per heavy atom. The molecule has 0 spiro atoms. The van der Waals surface area contributed by atoms with Crippen LogP contribution in [0.5, 0.6) is 5.75 Å². The molecule has 0 N–H and O–H groups in total. The van der Waals surface area contributed by atoms with Crippen LogP contribution in [0.15, 0.2) is 45.8 Å². The Morgan fingerprint density at radius 3 is 2.97 bits per heavy atom. The largest absolute Gasteiger partial charge is 0.486 e. The molecule has 11 heteroatoms. The fourth-order valence-electron chi connectivity index (χ4n) is 2.66. The first-order valence-electron chi connectivity index (χ1n) is 8.63. The van der Waals surface area contributed by atoms with Gasteiger partial charge in [-0.2, -0.15) is 0 Å². The molecule has 1 aromatic carbocycles. The summed E-state index contributed by atoms with van der Waals surface area (Å²) in [6, 6.07) is 5.71. The maximum atomic E-state index is 13.3. The zero-order chi connectivity index (χ0) is 20.4. The van der Waals surface area contributed by atoms with E-state index in [2.05, 4.69) is 15.2 Å². The first kappa shape index (κ1) is 19.9. The molecular weight excluding hydrogens is 437 g/mol. The van der Waals surface area contributed by atoms with E-state index in [-0.39, 0.29) is 17.2 Å². The predicted molar refractivity (Wildman–Crippen MR) is 110 cm³/mol. The SMILES string of the molecule is CCn1c(COc2ccc(F)c(Cl)c2)nnc1SCc1cc(=O)n2ccsc2n1. The Labute approximate surface area is 178 Å². The van der Waals surface area contributed by atoms with Gasteiger partial charge in [0.15, 0.2) is 15.9 Å². The van der Waals surface area contributed by atoms with Gasteiger partial charge in [0.25, 0.3) is 5.56 Å². The minimum Gasteiger partial charge on any atom is -0.486 e. The summed E-state index contributed by atoms with van der Waals surface area (Å²) >= 11 is 8.64. The van der Waals surface area contributed by atoms with E-state index in [1.165, 1.54) is 51.8 Å². The number of fused-ring (bicyclic) bond motifs is 1. The third-order valence-electron chi connectivity index (χ3n) is 4.07. The van der Waals surface area contributed by atoms with Crippen molar-refractivity contribution in [3.63, 3.8) is 0 Å². The molecule has 0 saturated carbocycles. The Hall–Kier alpha value is -2.43. The molecule has 4 aromatic rings. The fourth-order valence-corrected chi connectivity index (χ4v) is 4.49. The number of hydrogen-bond donors (Lipinski definition) is 0. The van der Waals surface area contributed by atoms with Gasteiger partial charge in [0.2, 0.25) is 0 Å². The molecule has 29 heavy (non-hydrogen) atoms. The first-order chi connectivity index (χ1) is 14.0. The van der Waals surface area contributed by atoms with E-state index in [0.717, 1.165) is 0 Å². The summed E-state index contributed by atoms with van der Waals surface area (Å²) in [6.07, 6.45) is 1.71. The van der Waals surface area contributed by atoms with Crippen molar-refractivity contribution in [2.75, 3.05) is 0 Å². The monoisotopic (exact) mass is 451 g/mol. The van der Waals surface area contributed by atoms with Crippen LogP contribution in [0.4, 0.5) is 4.39 Å². The van der Waals surface area contributed by atoms with E-state index in [4.69, 9.17) is 16.3 Å². The average molecular weight is 452 g/mol. The van der Waals surface area contributed by atoms with Crippen LogP contribution >= 0.6 is 34.7 Å². The van der Waals surface area contributed by atoms with Gasteiger partial charge >= 0.3 is 0 Å². The van der Waals surface area contributed by atoms with Crippen molar-refractivity contribution in [2.45, 2.75) is 31.0 Å². The Bertz CT molecular complexity index is 1220.